The lowest BCUT2D eigenvalue weighted by Gasteiger charge is -2.12. The summed E-state index contributed by atoms with van der Waals surface area (Å²) in [6.07, 6.45) is 1.63. The van der Waals surface area contributed by atoms with Gasteiger partial charge >= 0.3 is 11.9 Å². The summed E-state index contributed by atoms with van der Waals surface area (Å²) in [5.41, 5.74) is 0.228. The highest BCUT2D eigenvalue weighted by atomic mass is 32.2. The van der Waals surface area contributed by atoms with Gasteiger partial charge in [0.15, 0.2) is 0 Å². The van der Waals surface area contributed by atoms with Gasteiger partial charge in [0.2, 0.25) is 5.12 Å². The largest absolute Gasteiger partial charge is 0.507 e. The van der Waals surface area contributed by atoms with Gasteiger partial charge in [0.1, 0.15) is 28.4 Å². The average molecular weight is 408 g/mol. The Balaban J connectivity index is 1.86. The van der Waals surface area contributed by atoms with Crippen LogP contribution >= 0.6 is 11.8 Å². The second kappa shape index (κ2) is 9.07. The number of esters is 2. The predicted octanol–water partition coefficient (Wildman–Crippen LogP) is 4.33. The standard InChI is InChI=1S/C22H16O6S/c1-29-22(26)16-10-4-7-13-19(16)28-21(25)15-9-3-6-12-18(15)27-20(24)14-8-2-5-11-17(14)23/h2-13,23H,1H3. The van der Waals surface area contributed by atoms with E-state index in [1.54, 1.807) is 48.7 Å². The molecule has 146 valence electrons. The van der Waals surface area contributed by atoms with Crippen LogP contribution in [-0.2, 0) is 0 Å². The number of aromatic hydroxyl groups is 1. The summed E-state index contributed by atoms with van der Waals surface area (Å²) in [5, 5.41) is 9.57. The zero-order valence-corrected chi connectivity index (χ0v) is 16.1. The van der Waals surface area contributed by atoms with E-state index >= 15 is 0 Å². The lowest BCUT2D eigenvalue weighted by Crippen LogP contribution is -2.15. The lowest BCUT2D eigenvalue weighted by atomic mass is 10.2. The van der Waals surface area contributed by atoms with Crippen molar-refractivity contribution in [1.82, 2.24) is 0 Å². The molecular formula is C22H16O6S. The molecule has 3 aromatic rings. The maximum absolute atomic E-state index is 12.7. The summed E-state index contributed by atoms with van der Waals surface area (Å²) in [5.74, 6) is -1.76. The van der Waals surface area contributed by atoms with Crippen molar-refractivity contribution >= 4 is 28.8 Å². The van der Waals surface area contributed by atoms with E-state index in [-0.39, 0.29) is 39.1 Å². The Hall–Kier alpha value is -3.58. The molecule has 1 N–H and O–H groups in total. The summed E-state index contributed by atoms with van der Waals surface area (Å²) < 4.78 is 10.7. The van der Waals surface area contributed by atoms with Gasteiger partial charge in [0, 0.05) is 0 Å². The number of ether oxygens (including phenoxy) is 2. The Morgan fingerprint density at radius 1 is 0.690 bits per heavy atom. The van der Waals surface area contributed by atoms with Crippen molar-refractivity contribution in [1.29, 1.82) is 0 Å². The van der Waals surface area contributed by atoms with E-state index < -0.39 is 11.9 Å². The van der Waals surface area contributed by atoms with Crippen molar-refractivity contribution in [3.63, 3.8) is 0 Å². The number of benzene rings is 3. The molecule has 0 aliphatic carbocycles. The zero-order chi connectivity index (χ0) is 20.8. The van der Waals surface area contributed by atoms with E-state index in [4.69, 9.17) is 9.47 Å². The first kappa shape index (κ1) is 20.2. The van der Waals surface area contributed by atoms with Crippen LogP contribution in [0.1, 0.15) is 31.1 Å². The normalized spacial score (nSPS) is 10.2. The molecule has 0 saturated heterocycles. The number of phenolic OH excluding ortho intramolecular Hbond substituents is 1. The Morgan fingerprint density at radius 2 is 1.14 bits per heavy atom. The van der Waals surface area contributed by atoms with Gasteiger partial charge in [-0.1, -0.05) is 48.2 Å². The molecule has 0 amide bonds. The van der Waals surface area contributed by atoms with Crippen LogP contribution in [0, 0.1) is 0 Å². The molecule has 0 heterocycles. The van der Waals surface area contributed by atoms with Gasteiger partial charge in [-0.3, -0.25) is 4.79 Å². The molecule has 0 aliphatic heterocycles. The Kier molecular flexibility index (Phi) is 6.31. The van der Waals surface area contributed by atoms with Gasteiger partial charge in [-0.05, 0) is 42.7 Å². The number of hydrogen-bond donors (Lipinski definition) is 1. The van der Waals surface area contributed by atoms with Crippen molar-refractivity contribution < 1.29 is 29.0 Å². The minimum Gasteiger partial charge on any atom is -0.507 e. The average Bonchev–Trinajstić information content (AvgIpc) is 2.74. The molecule has 7 heteroatoms. The molecule has 3 aromatic carbocycles. The minimum atomic E-state index is -0.818. The van der Waals surface area contributed by atoms with Crippen molar-refractivity contribution in [2.24, 2.45) is 0 Å². The van der Waals surface area contributed by atoms with Crippen LogP contribution in [0.25, 0.3) is 0 Å². The summed E-state index contributed by atoms with van der Waals surface area (Å²) in [6.45, 7) is 0. The summed E-state index contributed by atoms with van der Waals surface area (Å²) in [7, 11) is 0. The van der Waals surface area contributed by atoms with E-state index in [2.05, 4.69) is 0 Å². The van der Waals surface area contributed by atoms with Crippen LogP contribution in [0.15, 0.2) is 72.8 Å². The fourth-order valence-corrected chi connectivity index (χ4v) is 2.90. The third-order valence-corrected chi connectivity index (χ3v) is 4.52. The fourth-order valence-electron chi connectivity index (χ4n) is 2.51. The summed E-state index contributed by atoms with van der Waals surface area (Å²) >= 11 is 1.00. The van der Waals surface area contributed by atoms with E-state index in [1.807, 2.05) is 0 Å². The van der Waals surface area contributed by atoms with Crippen LogP contribution in [0.5, 0.6) is 17.2 Å². The highest BCUT2D eigenvalue weighted by molar-refractivity contribution is 8.13. The van der Waals surface area contributed by atoms with Crippen molar-refractivity contribution in [3.8, 4) is 17.2 Å². The quantitative estimate of drug-likeness (QED) is 0.496. The van der Waals surface area contributed by atoms with Gasteiger partial charge in [0.05, 0.1) is 5.56 Å². The minimum absolute atomic E-state index is 0.00248. The SMILES string of the molecule is CSC(=O)c1ccccc1OC(=O)c1ccccc1OC(=O)c1ccccc1O. The van der Waals surface area contributed by atoms with E-state index in [0.29, 0.717) is 0 Å². The number of carbonyl (C=O) groups is 3. The number of thioether (sulfide) groups is 1. The molecule has 0 aliphatic rings. The van der Waals surface area contributed by atoms with E-state index in [0.717, 1.165) is 11.8 Å². The second-order valence-corrected chi connectivity index (χ2v) is 6.56. The number of carbonyl (C=O) groups excluding carboxylic acids is 3. The van der Waals surface area contributed by atoms with Crippen molar-refractivity contribution in [2.45, 2.75) is 0 Å². The highest BCUT2D eigenvalue weighted by Gasteiger charge is 2.21. The van der Waals surface area contributed by atoms with Crippen LogP contribution in [0.3, 0.4) is 0 Å². The van der Waals surface area contributed by atoms with Gasteiger partial charge < -0.3 is 14.6 Å². The lowest BCUT2D eigenvalue weighted by molar-refractivity contribution is 0.0705. The third-order valence-electron chi connectivity index (χ3n) is 3.93. The zero-order valence-electron chi connectivity index (χ0n) is 15.3. The third kappa shape index (κ3) is 4.64. The van der Waals surface area contributed by atoms with Crippen LogP contribution in [0.4, 0.5) is 0 Å². The Bertz CT molecular complexity index is 1080. The molecule has 0 radical (unpaired) electrons. The van der Waals surface area contributed by atoms with Gasteiger partial charge in [-0.25, -0.2) is 9.59 Å². The fraction of sp³-hybridized carbons (Fsp3) is 0.0455. The first-order chi connectivity index (χ1) is 14.0. The Labute approximate surface area is 171 Å². The van der Waals surface area contributed by atoms with Crippen LogP contribution < -0.4 is 9.47 Å². The molecule has 0 aromatic heterocycles. The van der Waals surface area contributed by atoms with E-state index in [1.165, 1.54) is 30.3 Å². The number of para-hydroxylation sites is 3. The van der Waals surface area contributed by atoms with Crippen molar-refractivity contribution in [2.75, 3.05) is 6.26 Å². The summed E-state index contributed by atoms with van der Waals surface area (Å²) in [4.78, 5) is 37.1. The Morgan fingerprint density at radius 3 is 1.72 bits per heavy atom. The number of hydrogen-bond acceptors (Lipinski definition) is 7. The molecule has 29 heavy (non-hydrogen) atoms. The topological polar surface area (TPSA) is 89.9 Å². The van der Waals surface area contributed by atoms with Gasteiger partial charge in [0.25, 0.3) is 0 Å². The number of rotatable bonds is 5. The van der Waals surface area contributed by atoms with Crippen LogP contribution in [-0.4, -0.2) is 28.4 Å². The molecule has 6 nitrogen and oxygen atoms in total. The molecule has 3 rings (SSSR count). The van der Waals surface area contributed by atoms with Gasteiger partial charge in [-0.15, -0.1) is 0 Å². The monoisotopic (exact) mass is 408 g/mol. The predicted molar refractivity (Wildman–Crippen MR) is 109 cm³/mol. The van der Waals surface area contributed by atoms with E-state index in [9.17, 15) is 19.5 Å². The molecular weight excluding hydrogens is 392 g/mol. The first-order valence-corrected chi connectivity index (χ1v) is 9.72. The van der Waals surface area contributed by atoms with Gasteiger partial charge in [-0.2, -0.15) is 0 Å². The smallest absolute Gasteiger partial charge is 0.347 e. The molecule has 0 spiro atoms. The number of phenols is 1. The molecule has 0 fully saturated rings. The molecule has 0 atom stereocenters. The maximum Gasteiger partial charge on any atom is 0.347 e. The maximum atomic E-state index is 12.7. The van der Waals surface area contributed by atoms with Crippen LogP contribution in [0.2, 0.25) is 0 Å². The molecule has 0 bridgehead atoms. The second-order valence-electron chi connectivity index (χ2n) is 5.78. The summed E-state index contributed by atoms with van der Waals surface area (Å²) in [6, 6.07) is 18.4. The first-order valence-electron chi connectivity index (χ1n) is 8.50. The highest BCUT2D eigenvalue weighted by Crippen LogP contribution is 2.26. The molecule has 0 unspecified atom stereocenters. The van der Waals surface area contributed by atoms with Crippen molar-refractivity contribution in [3.05, 3.63) is 89.5 Å². The molecule has 0 saturated carbocycles.